The zero-order valence-corrected chi connectivity index (χ0v) is 30.8. The summed E-state index contributed by atoms with van der Waals surface area (Å²) in [5.41, 5.74) is 14.7. The number of hydrogen-bond donors (Lipinski definition) is 0. The molecule has 0 spiro atoms. The second-order valence-electron chi connectivity index (χ2n) is 15.6. The standard InChI is InChI=1S/C52H33NO3/c1-52(2)43-18-6-3-11-35(43)36-24-23-32(29-44(36)52)53-45-25-21-30(33-14-9-16-39-37-12-4-7-19-47(37)55-50(33)39)27-41(45)49(54)42-28-31(22-26-46(42)53)34-15-10-17-40-38-13-5-8-20-48(38)56-51(34)40/h3-29H,1-2H3. The van der Waals surface area contributed by atoms with Crippen molar-refractivity contribution in [3.63, 3.8) is 0 Å². The van der Waals surface area contributed by atoms with E-state index < -0.39 is 0 Å². The average Bonchev–Trinajstić information content (AvgIpc) is 3.89. The third kappa shape index (κ3) is 4.21. The number of hydrogen-bond acceptors (Lipinski definition) is 3. The molecule has 1 aliphatic carbocycles. The molecule has 0 amide bonds. The van der Waals surface area contributed by atoms with Crippen LogP contribution in [0.25, 0.3) is 105 Å². The normalized spacial score (nSPS) is 13.4. The van der Waals surface area contributed by atoms with Gasteiger partial charge in [0.25, 0.3) is 0 Å². The summed E-state index contributed by atoms with van der Waals surface area (Å²) in [6.45, 7) is 4.61. The Kier molecular flexibility index (Phi) is 6.23. The van der Waals surface area contributed by atoms with Crippen molar-refractivity contribution in [3.8, 4) is 39.1 Å². The predicted molar refractivity (Wildman–Crippen MR) is 230 cm³/mol. The topological polar surface area (TPSA) is 48.3 Å². The number of fused-ring (bicyclic) bond motifs is 11. The Balaban J connectivity index is 1.14. The van der Waals surface area contributed by atoms with Crippen LogP contribution in [-0.2, 0) is 5.41 Å². The second kappa shape index (κ2) is 11.2. The molecule has 0 N–H and O–H groups in total. The lowest BCUT2D eigenvalue weighted by Crippen LogP contribution is -2.16. The summed E-state index contributed by atoms with van der Waals surface area (Å²) in [5.74, 6) is 0. The van der Waals surface area contributed by atoms with Gasteiger partial charge in [-0.3, -0.25) is 4.79 Å². The van der Waals surface area contributed by atoms with Crippen molar-refractivity contribution in [2.24, 2.45) is 0 Å². The van der Waals surface area contributed by atoms with Gasteiger partial charge >= 0.3 is 0 Å². The molecule has 8 aromatic carbocycles. The van der Waals surface area contributed by atoms with Gasteiger partial charge in [0.2, 0.25) is 0 Å². The Bertz CT molecular complexity index is 3360. The highest BCUT2D eigenvalue weighted by atomic mass is 16.3. The minimum absolute atomic E-state index is 0.0163. The average molecular weight is 720 g/mol. The van der Waals surface area contributed by atoms with Crippen molar-refractivity contribution in [2.45, 2.75) is 19.3 Å². The van der Waals surface area contributed by atoms with Gasteiger partial charge in [-0.1, -0.05) is 129 Å². The highest BCUT2D eigenvalue weighted by molar-refractivity contribution is 6.12. The van der Waals surface area contributed by atoms with Crippen LogP contribution in [0.1, 0.15) is 25.0 Å². The van der Waals surface area contributed by atoms with Crippen molar-refractivity contribution in [2.75, 3.05) is 0 Å². The molecule has 11 aromatic rings. The summed E-state index contributed by atoms with van der Waals surface area (Å²) >= 11 is 0. The monoisotopic (exact) mass is 719 g/mol. The van der Waals surface area contributed by atoms with Crippen LogP contribution in [0.3, 0.4) is 0 Å². The summed E-state index contributed by atoms with van der Waals surface area (Å²) in [6.07, 6.45) is 0. The molecule has 3 heterocycles. The largest absolute Gasteiger partial charge is 0.455 e. The Morgan fingerprint density at radius 1 is 0.429 bits per heavy atom. The second-order valence-corrected chi connectivity index (χ2v) is 15.6. The predicted octanol–water partition coefficient (Wildman–Crippen LogP) is 13.6. The van der Waals surface area contributed by atoms with Gasteiger partial charge in [0.05, 0.1) is 11.0 Å². The zero-order chi connectivity index (χ0) is 37.3. The lowest BCUT2D eigenvalue weighted by Gasteiger charge is -2.23. The van der Waals surface area contributed by atoms with Gasteiger partial charge in [0.1, 0.15) is 22.3 Å². The van der Waals surface area contributed by atoms with Crippen LogP contribution in [0, 0.1) is 0 Å². The van der Waals surface area contributed by atoms with Gasteiger partial charge < -0.3 is 13.4 Å². The SMILES string of the molecule is CC1(C)c2ccccc2-c2ccc(-n3c4ccc(-c5cccc6c5oc5ccccc56)cc4c(=O)c4cc(-c5cccc6c5oc5ccccc56)ccc43)cc21. The van der Waals surface area contributed by atoms with Crippen LogP contribution in [0.15, 0.2) is 177 Å². The molecule has 4 nitrogen and oxygen atoms in total. The van der Waals surface area contributed by atoms with Crippen molar-refractivity contribution >= 4 is 65.7 Å². The molecule has 4 heteroatoms. The first kappa shape index (κ1) is 31.2. The molecule has 0 bridgehead atoms. The van der Waals surface area contributed by atoms with Crippen LogP contribution in [0.2, 0.25) is 0 Å². The summed E-state index contributed by atoms with van der Waals surface area (Å²) in [5, 5.41) is 5.55. The molecular formula is C52H33NO3. The van der Waals surface area contributed by atoms with E-state index in [0.29, 0.717) is 10.8 Å². The summed E-state index contributed by atoms with van der Waals surface area (Å²) in [4.78, 5) is 15.0. The highest BCUT2D eigenvalue weighted by Crippen LogP contribution is 2.49. The lowest BCUT2D eigenvalue weighted by molar-refractivity contribution is 0.660. The number of furan rings is 2. The molecule has 0 radical (unpaired) electrons. The number of benzene rings is 8. The zero-order valence-electron chi connectivity index (χ0n) is 30.8. The van der Waals surface area contributed by atoms with Crippen molar-refractivity contribution in [1.82, 2.24) is 4.57 Å². The van der Waals surface area contributed by atoms with E-state index in [1.807, 2.05) is 36.4 Å². The van der Waals surface area contributed by atoms with Gasteiger partial charge in [0, 0.05) is 54.5 Å². The van der Waals surface area contributed by atoms with E-state index in [4.69, 9.17) is 8.83 Å². The van der Waals surface area contributed by atoms with E-state index in [2.05, 4.69) is 146 Å². The number of nitrogens with zero attached hydrogens (tertiary/aromatic N) is 1. The molecule has 1 aliphatic rings. The first-order valence-corrected chi connectivity index (χ1v) is 19.1. The van der Waals surface area contributed by atoms with E-state index in [9.17, 15) is 0 Å². The Morgan fingerprint density at radius 2 is 0.929 bits per heavy atom. The van der Waals surface area contributed by atoms with Crippen molar-refractivity contribution in [3.05, 3.63) is 185 Å². The van der Waals surface area contributed by atoms with Crippen LogP contribution in [0.4, 0.5) is 0 Å². The van der Waals surface area contributed by atoms with Gasteiger partial charge in [-0.15, -0.1) is 0 Å². The van der Waals surface area contributed by atoms with E-state index in [1.54, 1.807) is 0 Å². The number of aromatic nitrogens is 1. The maximum absolute atomic E-state index is 15.0. The minimum atomic E-state index is -0.177. The van der Waals surface area contributed by atoms with E-state index in [0.717, 1.165) is 82.9 Å². The summed E-state index contributed by atoms with van der Waals surface area (Å²) in [6, 6.07) is 56.8. The maximum atomic E-state index is 15.0. The fourth-order valence-electron chi connectivity index (χ4n) is 9.49. The molecule has 0 saturated carbocycles. The van der Waals surface area contributed by atoms with Gasteiger partial charge in [0.15, 0.2) is 5.43 Å². The van der Waals surface area contributed by atoms with Crippen LogP contribution >= 0.6 is 0 Å². The molecular weight excluding hydrogens is 687 g/mol. The summed E-state index contributed by atoms with van der Waals surface area (Å²) < 4.78 is 15.2. The van der Waals surface area contributed by atoms with Gasteiger partial charge in [-0.2, -0.15) is 0 Å². The summed E-state index contributed by atoms with van der Waals surface area (Å²) in [7, 11) is 0. The smallest absolute Gasteiger partial charge is 0.197 e. The van der Waals surface area contributed by atoms with Crippen LogP contribution in [-0.4, -0.2) is 4.57 Å². The molecule has 0 atom stereocenters. The first-order chi connectivity index (χ1) is 27.4. The fraction of sp³-hybridized carbons (Fsp3) is 0.0577. The minimum Gasteiger partial charge on any atom is -0.455 e. The molecule has 12 rings (SSSR count). The van der Waals surface area contributed by atoms with Gasteiger partial charge in [-0.25, -0.2) is 0 Å². The molecule has 0 fully saturated rings. The third-order valence-corrected chi connectivity index (χ3v) is 12.2. The molecule has 56 heavy (non-hydrogen) atoms. The first-order valence-electron chi connectivity index (χ1n) is 19.1. The quantitative estimate of drug-likeness (QED) is 0.171. The highest BCUT2D eigenvalue weighted by Gasteiger charge is 2.35. The number of pyridine rings is 1. The van der Waals surface area contributed by atoms with Crippen molar-refractivity contribution in [1.29, 1.82) is 0 Å². The molecule has 0 unspecified atom stereocenters. The Morgan fingerprint density at radius 3 is 1.54 bits per heavy atom. The lowest BCUT2D eigenvalue weighted by atomic mass is 9.82. The van der Waals surface area contributed by atoms with Crippen LogP contribution in [0.5, 0.6) is 0 Å². The molecule has 0 saturated heterocycles. The van der Waals surface area contributed by atoms with E-state index >= 15 is 4.79 Å². The molecule has 264 valence electrons. The van der Waals surface area contributed by atoms with Crippen molar-refractivity contribution < 1.29 is 8.83 Å². The molecule has 3 aromatic heterocycles. The fourth-order valence-corrected chi connectivity index (χ4v) is 9.49. The number of rotatable bonds is 3. The van der Waals surface area contributed by atoms with Gasteiger partial charge in [-0.05, 0) is 81.9 Å². The Labute approximate surface area is 321 Å². The Hall–Kier alpha value is -7.17. The maximum Gasteiger partial charge on any atom is 0.197 e. The third-order valence-electron chi connectivity index (χ3n) is 12.2. The van der Waals surface area contributed by atoms with E-state index in [1.165, 1.54) is 22.3 Å². The van der Waals surface area contributed by atoms with Crippen LogP contribution < -0.4 is 5.43 Å². The molecule has 0 aliphatic heterocycles. The van der Waals surface area contributed by atoms with E-state index in [-0.39, 0.29) is 10.8 Å². The number of para-hydroxylation sites is 4.